The molecule has 4 aromatic rings. The minimum Gasteiger partial charge on any atom is -0.345 e. The molecule has 0 saturated heterocycles. The third-order valence-corrected chi connectivity index (χ3v) is 3.63. The Balaban J connectivity index is 1.44. The van der Waals surface area contributed by atoms with Crippen LogP contribution in [0.15, 0.2) is 61.3 Å². The van der Waals surface area contributed by atoms with Crippen LogP contribution in [0.1, 0.15) is 16.2 Å². The summed E-state index contributed by atoms with van der Waals surface area (Å²) >= 11 is 0. The van der Waals surface area contributed by atoms with Crippen molar-refractivity contribution in [2.75, 3.05) is 0 Å². The number of benzene rings is 1. The molecule has 3 heterocycles. The van der Waals surface area contributed by atoms with Crippen LogP contribution in [0.4, 0.5) is 0 Å². The largest absolute Gasteiger partial charge is 0.345 e. The minimum absolute atomic E-state index is 0.194. The Morgan fingerprint density at radius 3 is 2.88 bits per heavy atom. The van der Waals surface area contributed by atoms with Crippen molar-refractivity contribution < 1.29 is 4.79 Å². The maximum Gasteiger partial charge on any atom is 0.253 e. The molecule has 118 valence electrons. The number of hydrogen-bond acceptors (Lipinski definition) is 4. The van der Waals surface area contributed by atoms with Crippen molar-refractivity contribution in [1.82, 2.24) is 29.8 Å². The van der Waals surface area contributed by atoms with E-state index in [4.69, 9.17) is 0 Å². The standard InChI is InChI=1S/C17H14N6O/c24-17(12-5-6-16(19-9-12)23-8-7-18-11-23)20-10-15-21-13-3-1-2-4-14(13)22-15/h1-9,11H,10H2,(H,20,24)(H,21,22). The zero-order chi connectivity index (χ0) is 16.4. The number of nitrogens with zero attached hydrogens (tertiary/aromatic N) is 4. The molecule has 2 N–H and O–H groups in total. The number of nitrogens with one attached hydrogen (secondary N) is 2. The van der Waals surface area contributed by atoms with Crippen molar-refractivity contribution in [3.05, 3.63) is 72.7 Å². The number of H-pyrrole nitrogens is 1. The maximum atomic E-state index is 12.2. The highest BCUT2D eigenvalue weighted by molar-refractivity contribution is 5.93. The van der Waals surface area contributed by atoms with E-state index in [1.807, 2.05) is 24.3 Å². The molecule has 7 heteroatoms. The summed E-state index contributed by atoms with van der Waals surface area (Å²) in [6.45, 7) is 0.330. The van der Waals surface area contributed by atoms with Gasteiger partial charge in [-0.3, -0.25) is 9.36 Å². The van der Waals surface area contributed by atoms with Gasteiger partial charge in [0.25, 0.3) is 5.91 Å². The summed E-state index contributed by atoms with van der Waals surface area (Å²) in [5.41, 5.74) is 2.33. The van der Waals surface area contributed by atoms with Crippen molar-refractivity contribution in [2.24, 2.45) is 0 Å². The topological polar surface area (TPSA) is 88.5 Å². The van der Waals surface area contributed by atoms with Gasteiger partial charge in [0, 0.05) is 18.6 Å². The van der Waals surface area contributed by atoms with Crippen LogP contribution >= 0.6 is 0 Å². The first-order valence-electron chi connectivity index (χ1n) is 7.46. The van der Waals surface area contributed by atoms with Crippen molar-refractivity contribution >= 4 is 16.9 Å². The van der Waals surface area contributed by atoms with Crippen LogP contribution in [0.3, 0.4) is 0 Å². The van der Waals surface area contributed by atoms with E-state index in [2.05, 4.69) is 25.3 Å². The molecular formula is C17H14N6O. The zero-order valence-corrected chi connectivity index (χ0v) is 12.7. The average molecular weight is 318 g/mol. The van der Waals surface area contributed by atoms with E-state index in [0.29, 0.717) is 23.8 Å². The van der Waals surface area contributed by atoms with Gasteiger partial charge in [0.1, 0.15) is 18.0 Å². The minimum atomic E-state index is -0.194. The van der Waals surface area contributed by atoms with Crippen LogP contribution in [0, 0.1) is 0 Å². The lowest BCUT2D eigenvalue weighted by molar-refractivity contribution is 0.0949. The Bertz CT molecular complexity index is 939. The second-order valence-corrected chi connectivity index (χ2v) is 5.26. The van der Waals surface area contributed by atoms with Crippen LogP contribution in [0.2, 0.25) is 0 Å². The smallest absolute Gasteiger partial charge is 0.253 e. The lowest BCUT2D eigenvalue weighted by Gasteiger charge is -2.05. The number of rotatable bonds is 4. The maximum absolute atomic E-state index is 12.2. The monoisotopic (exact) mass is 318 g/mol. The molecule has 3 aromatic heterocycles. The second kappa shape index (κ2) is 5.96. The zero-order valence-electron chi connectivity index (χ0n) is 12.7. The van der Waals surface area contributed by atoms with Crippen LogP contribution in [0.25, 0.3) is 16.9 Å². The third kappa shape index (κ3) is 2.74. The first kappa shape index (κ1) is 14.1. The summed E-state index contributed by atoms with van der Waals surface area (Å²) in [5.74, 6) is 1.23. The Kier molecular flexibility index (Phi) is 3.51. The predicted molar refractivity (Wildman–Crippen MR) is 88.6 cm³/mol. The molecule has 0 aliphatic rings. The molecule has 0 spiro atoms. The first-order chi connectivity index (χ1) is 11.8. The number of aromatic nitrogens is 5. The molecule has 0 atom stereocenters. The van der Waals surface area contributed by atoms with E-state index in [1.165, 1.54) is 0 Å². The van der Waals surface area contributed by atoms with Gasteiger partial charge in [-0.2, -0.15) is 0 Å². The second-order valence-electron chi connectivity index (χ2n) is 5.26. The van der Waals surface area contributed by atoms with E-state index in [9.17, 15) is 4.79 Å². The molecule has 0 aliphatic heterocycles. The molecular weight excluding hydrogens is 304 g/mol. The fourth-order valence-corrected chi connectivity index (χ4v) is 2.42. The normalized spacial score (nSPS) is 10.8. The summed E-state index contributed by atoms with van der Waals surface area (Å²) in [4.78, 5) is 28.1. The van der Waals surface area contributed by atoms with Gasteiger partial charge >= 0.3 is 0 Å². The molecule has 0 aliphatic carbocycles. The fraction of sp³-hybridized carbons (Fsp3) is 0.0588. The van der Waals surface area contributed by atoms with E-state index in [-0.39, 0.29) is 5.91 Å². The van der Waals surface area contributed by atoms with E-state index >= 15 is 0 Å². The van der Waals surface area contributed by atoms with E-state index in [1.54, 1.807) is 41.6 Å². The summed E-state index contributed by atoms with van der Waals surface area (Å²) in [7, 11) is 0. The molecule has 7 nitrogen and oxygen atoms in total. The Morgan fingerprint density at radius 2 is 2.12 bits per heavy atom. The quantitative estimate of drug-likeness (QED) is 0.603. The molecule has 24 heavy (non-hydrogen) atoms. The van der Waals surface area contributed by atoms with Crippen molar-refractivity contribution in [3.63, 3.8) is 0 Å². The van der Waals surface area contributed by atoms with Crippen LogP contribution in [0.5, 0.6) is 0 Å². The SMILES string of the molecule is O=C(NCc1nc2ccccc2[nH]1)c1ccc(-n2ccnc2)nc1. The molecule has 1 aromatic carbocycles. The number of fused-ring (bicyclic) bond motifs is 1. The number of aromatic amines is 1. The number of para-hydroxylation sites is 2. The van der Waals surface area contributed by atoms with Crippen LogP contribution in [-0.2, 0) is 6.54 Å². The predicted octanol–water partition coefficient (Wildman–Crippen LogP) is 2.07. The lowest BCUT2D eigenvalue weighted by Crippen LogP contribution is -2.23. The molecule has 0 unspecified atom stereocenters. The highest BCUT2D eigenvalue weighted by atomic mass is 16.1. The van der Waals surface area contributed by atoms with Crippen LogP contribution in [-0.4, -0.2) is 30.4 Å². The summed E-state index contributed by atoms with van der Waals surface area (Å²) < 4.78 is 1.77. The summed E-state index contributed by atoms with van der Waals surface area (Å²) in [6.07, 6.45) is 6.67. The molecule has 4 rings (SSSR count). The summed E-state index contributed by atoms with van der Waals surface area (Å²) in [6, 6.07) is 11.3. The van der Waals surface area contributed by atoms with Gasteiger partial charge in [0.2, 0.25) is 0 Å². The van der Waals surface area contributed by atoms with E-state index < -0.39 is 0 Å². The fourth-order valence-electron chi connectivity index (χ4n) is 2.42. The number of pyridine rings is 1. The number of carbonyl (C=O) groups excluding carboxylic acids is 1. The molecule has 0 bridgehead atoms. The van der Waals surface area contributed by atoms with Crippen molar-refractivity contribution in [3.8, 4) is 5.82 Å². The lowest BCUT2D eigenvalue weighted by atomic mass is 10.2. The number of hydrogen-bond donors (Lipinski definition) is 2. The molecule has 0 saturated carbocycles. The Labute approximate surface area is 137 Å². The number of imidazole rings is 2. The average Bonchev–Trinajstić information content (AvgIpc) is 3.29. The first-order valence-corrected chi connectivity index (χ1v) is 7.46. The highest BCUT2D eigenvalue weighted by Crippen LogP contribution is 2.10. The Morgan fingerprint density at radius 1 is 1.21 bits per heavy atom. The van der Waals surface area contributed by atoms with Crippen molar-refractivity contribution in [2.45, 2.75) is 6.54 Å². The number of amides is 1. The van der Waals surface area contributed by atoms with Gasteiger partial charge in [0.05, 0.1) is 23.1 Å². The molecule has 1 amide bonds. The molecule has 0 fully saturated rings. The van der Waals surface area contributed by atoms with Gasteiger partial charge in [-0.15, -0.1) is 0 Å². The van der Waals surface area contributed by atoms with Gasteiger partial charge in [0.15, 0.2) is 0 Å². The van der Waals surface area contributed by atoms with Gasteiger partial charge in [-0.1, -0.05) is 12.1 Å². The number of carbonyl (C=O) groups is 1. The van der Waals surface area contributed by atoms with Gasteiger partial charge in [-0.25, -0.2) is 15.0 Å². The van der Waals surface area contributed by atoms with Gasteiger partial charge < -0.3 is 10.3 Å². The van der Waals surface area contributed by atoms with E-state index in [0.717, 1.165) is 11.0 Å². The molecule has 0 radical (unpaired) electrons. The third-order valence-electron chi connectivity index (χ3n) is 3.63. The van der Waals surface area contributed by atoms with Gasteiger partial charge in [-0.05, 0) is 24.3 Å². The van der Waals surface area contributed by atoms with Crippen molar-refractivity contribution in [1.29, 1.82) is 0 Å². The summed E-state index contributed by atoms with van der Waals surface area (Å²) in [5, 5.41) is 2.84. The highest BCUT2D eigenvalue weighted by Gasteiger charge is 2.08. The Hall–Kier alpha value is -3.48. The van der Waals surface area contributed by atoms with Crippen LogP contribution < -0.4 is 5.32 Å².